The summed E-state index contributed by atoms with van der Waals surface area (Å²) >= 11 is 5.32. The molecular formula is C12H18BrNOS. The van der Waals surface area contributed by atoms with Crippen LogP contribution < -0.4 is 5.73 Å². The lowest BCUT2D eigenvalue weighted by atomic mass is 10.0. The molecule has 2 N–H and O–H groups in total. The van der Waals surface area contributed by atoms with Crippen molar-refractivity contribution in [3.63, 3.8) is 0 Å². The second-order valence-corrected chi connectivity index (χ2v) is 6.22. The number of ether oxygens (including phenoxy) is 1. The maximum atomic E-state index is 6.14. The highest BCUT2D eigenvalue weighted by atomic mass is 79.9. The number of hydrogen-bond acceptors (Lipinski definition) is 3. The summed E-state index contributed by atoms with van der Waals surface area (Å²) in [6, 6.07) is 2.35. The summed E-state index contributed by atoms with van der Waals surface area (Å²) in [5.74, 6) is 0. The van der Waals surface area contributed by atoms with E-state index in [1.807, 2.05) is 0 Å². The van der Waals surface area contributed by atoms with Crippen LogP contribution >= 0.6 is 27.3 Å². The quantitative estimate of drug-likeness (QED) is 0.905. The van der Waals surface area contributed by atoms with Crippen LogP contribution in [0.3, 0.4) is 0 Å². The van der Waals surface area contributed by atoms with Crippen LogP contribution in [0.15, 0.2) is 15.9 Å². The summed E-state index contributed by atoms with van der Waals surface area (Å²) in [5.41, 5.74) is 6.14. The first-order chi connectivity index (χ1) is 7.75. The highest BCUT2D eigenvalue weighted by Crippen LogP contribution is 2.25. The van der Waals surface area contributed by atoms with Crippen LogP contribution in [0.25, 0.3) is 0 Å². The van der Waals surface area contributed by atoms with Crippen molar-refractivity contribution in [2.45, 2.75) is 44.2 Å². The highest BCUT2D eigenvalue weighted by molar-refractivity contribution is 9.10. The van der Waals surface area contributed by atoms with E-state index in [4.69, 9.17) is 10.5 Å². The van der Waals surface area contributed by atoms with Crippen LogP contribution in [-0.2, 0) is 11.2 Å². The minimum atomic E-state index is 0.263. The Labute approximate surface area is 109 Å². The third kappa shape index (κ3) is 3.55. The van der Waals surface area contributed by atoms with Crippen LogP contribution in [0, 0.1) is 0 Å². The topological polar surface area (TPSA) is 35.2 Å². The molecule has 1 aromatic rings. The average molecular weight is 304 g/mol. The van der Waals surface area contributed by atoms with Crippen LogP contribution in [0.4, 0.5) is 0 Å². The molecule has 4 heteroatoms. The molecule has 2 atom stereocenters. The van der Waals surface area contributed by atoms with Gasteiger partial charge in [0.1, 0.15) is 0 Å². The Kier molecular flexibility index (Phi) is 4.82. The Bertz CT molecular complexity index is 323. The molecule has 0 bridgehead atoms. The second-order valence-electron chi connectivity index (χ2n) is 4.37. The first-order valence-corrected chi connectivity index (χ1v) is 7.52. The zero-order valence-corrected chi connectivity index (χ0v) is 11.7. The molecule has 0 spiro atoms. The van der Waals surface area contributed by atoms with E-state index >= 15 is 0 Å². The van der Waals surface area contributed by atoms with Crippen LogP contribution in [0.1, 0.15) is 30.6 Å². The van der Waals surface area contributed by atoms with Gasteiger partial charge in [-0.1, -0.05) is 0 Å². The molecule has 2 unspecified atom stereocenters. The molecule has 90 valence electrons. The maximum absolute atomic E-state index is 6.14. The van der Waals surface area contributed by atoms with Gasteiger partial charge in [0.25, 0.3) is 0 Å². The number of thiophene rings is 1. The molecule has 1 aliphatic rings. The largest absolute Gasteiger partial charge is 0.378 e. The maximum Gasteiger partial charge on any atom is 0.0576 e. The lowest BCUT2D eigenvalue weighted by Crippen LogP contribution is -2.24. The molecule has 1 saturated heterocycles. The van der Waals surface area contributed by atoms with Gasteiger partial charge >= 0.3 is 0 Å². The highest BCUT2D eigenvalue weighted by Gasteiger charge is 2.17. The summed E-state index contributed by atoms with van der Waals surface area (Å²) in [7, 11) is 0. The number of rotatable bonds is 5. The average Bonchev–Trinajstić information content (AvgIpc) is 2.88. The van der Waals surface area contributed by atoms with E-state index in [2.05, 4.69) is 27.4 Å². The van der Waals surface area contributed by atoms with Crippen molar-refractivity contribution in [3.8, 4) is 0 Å². The number of halogens is 1. The molecule has 2 nitrogen and oxygen atoms in total. The van der Waals surface area contributed by atoms with Crippen molar-refractivity contribution in [2.24, 2.45) is 5.73 Å². The van der Waals surface area contributed by atoms with E-state index in [1.165, 1.54) is 22.2 Å². The van der Waals surface area contributed by atoms with E-state index in [1.54, 1.807) is 11.3 Å². The van der Waals surface area contributed by atoms with E-state index in [0.29, 0.717) is 6.10 Å². The fraction of sp³-hybridized carbons (Fsp3) is 0.667. The van der Waals surface area contributed by atoms with E-state index in [9.17, 15) is 0 Å². The van der Waals surface area contributed by atoms with Gasteiger partial charge in [0, 0.05) is 22.0 Å². The van der Waals surface area contributed by atoms with E-state index in [0.717, 1.165) is 25.9 Å². The van der Waals surface area contributed by atoms with Crippen LogP contribution in [0.2, 0.25) is 0 Å². The molecule has 2 rings (SSSR count). The molecule has 16 heavy (non-hydrogen) atoms. The molecule has 1 fully saturated rings. The molecule has 0 saturated carbocycles. The van der Waals surface area contributed by atoms with Gasteiger partial charge in [0.2, 0.25) is 0 Å². The molecule has 0 radical (unpaired) electrons. The molecule has 0 amide bonds. The SMILES string of the molecule is NC(CCC1CCCO1)Cc1sccc1Br. The third-order valence-corrected chi connectivity index (χ3v) is 4.97. The second kappa shape index (κ2) is 6.15. The Morgan fingerprint density at radius 3 is 3.12 bits per heavy atom. The van der Waals surface area contributed by atoms with Gasteiger partial charge in [-0.05, 0) is 59.5 Å². The van der Waals surface area contributed by atoms with Gasteiger partial charge in [-0.15, -0.1) is 11.3 Å². The first-order valence-electron chi connectivity index (χ1n) is 5.85. The predicted octanol–water partition coefficient (Wildman–Crippen LogP) is 3.34. The molecular weight excluding hydrogens is 286 g/mol. The smallest absolute Gasteiger partial charge is 0.0576 e. The zero-order valence-electron chi connectivity index (χ0n) is 9.32. The van der Waals surface area contributed by atoms with E-state index in [-0.39, 0.29) is 6.04 Å². The summed E-state index contributed by atoms with van der Waals surface area (Å²) in [5, 5.41) is 2.10. The van der Waals surface area contributed by atoms with Crippen LogP contribution in [0.5, 0.6) is 0 Å². The van der Waals surface area contributed by atoms with Crippen molar-refractivity contribution in [1.82, 2.24) is 0 Å². The van der Waals surface area contributed by atoms with Crippen molar-refractivity contribution in [3.05, 3.63) is 20.8 Å². The van der Waals surface area contributed by atoms with Gasteiger partial charge in [-0.3, -0.25) is 0 Å². The normalized spacial score (nSPS) is 22.5. The molecule has 1 aromatic heterocycles. The predicted molar refractivity (Wildman–Crippen MR) is 71.9 cm³/mol. The summed E-state index contributed by atoms with van der Waals surface area (Å²) < 4.78 is 6.80. The lowest BCUT2D eigenvalue weighted by molar-refractivity contribution is 0.101. The van der Waals surface area contributed by atoms with Crippen LogP contribution in [-0.4, -0.2) is 18.8 Å². The number of hydrogen-bond donors (Lipinski definition) is 1. The van der Waals surface area contributed by atoms with Crippen molar-refractivity contribution in [1.29, 1.82) is 0 Å². The van der Waals surface area contributed by atoms with Gasteiger partial charge in [0.05, 0.1) is 6.10 Å². The zero-order chi connectivity index (χ0) is 11.4. The minimum absolute atomic E-state index is 0.263. The van der Waals surface area contributed by atoms with Gasteiger partial charge in [-0.2, -0.15) is 0 Å². The van der Waals surface area contributed by atoms with Gasteiger partial charge in [-0.25, -0.2) is 0 Å². The molecule has 0 aromatic carbocycles. The lowest BCUT2D eigenvalue weighted by Gasteiger charge is -2.14. The summed E-state index contributed by atoms with van der Waals surface area (Å²) in [6.07, 6.45) is 6.06. The minimum Gasteiger partial charge on any atom is -0.378 e. The summed E-state index contributed by atoms with van der Waals surface area (Å²) in [6.45, 7) is 0.941. The molecule has 2 heterocycles. The Hall–Kier alpha value is 0.100. The molecule has 1 aliphatic heterocycles. The summed E-state index contributed by atoms with van der Waals surface area (Å²) in [4.78, 5) is 1.36. The Balaban J connectivity index is 1.71. The van der Waals surface area contributed by atoms with E-state index < -0.39 is 0 Å². The van der Waals surface area contributed by atoms with Gasteiger partial charge in [0.15, 0.2) is 0 Å². The standard InChI is InChI=1S/C12H18BrNOS/c13-11-5-7-16-12(11)8-9(14)3-4-10-2-1-6-15-10/h5,7,9-10H,1-4,6,8,14H2. The fourth-order valence-corrected chi connectivity index (χ4v) is 3.69. The van der Waals surface area contributed by atoms with Crippen molar-refractivity contribution in [2.75, 3.05) is 6.61 Å². The monoisotopic (exact) mass is 303 g/mol. The molecule has 0 aliphatic carbocycles. The fourth-order valence-electron chi connectivity index (χ4n) is 2.08. The number of nitrogens with two attached hydrogens (primary N) is 1. The Morgan fingerprint density at radius 2 is 2.50 bits per heavy atom. The third-order valence-electron chi connectivity index (χ3n) is 3.02. The first kappa shape index (κ1) is 12.6. The van der Waals surface area contributed by atoms with Crippen molar-refractivity contribution < 1.29 is 4.74 Å². The Morgan fingerprint density at radius 1 is 1.62 bits per heavy atom. The van der Waals surface area contributed by atoms with Gasteiger partial charge < -0.3 is 10.5 Å². The van der Waals surface area contributed by atoms with Crippen molar-refractivity contribution >= 4 is 27.3 Å².